The largest absolute Gasteiger partial charge is 0.331 e. The Morgan fingerprint density at radius 3 is 2.63 bits per heavy atom. The molecule has 3 heterocycles. The van der Waals surface area contributed by atoms with Crippen LogP contribution >= 0.6 is 0 Å². The topological polar surface area (TPSA) is 60.9 Å². The molecular weight excluding hydrogens is 336 g/mol. The lowest BCUT2D eigenvalue weighted by atomic mass is 10.1. The second-order valence-electron chi connectivity index (χ2n) is 7.06. The van der Waals surface area contributed by atoms with Gasteiger partial charge in [-0.2, -0.15) is 5.10 Å². The van der Waals surface area contributed by atoms with E-state index in [1.807, 2.05) is 31.5 Å². The summed E-state index contributed by atoms with van der Waals surface area (Å²) in [4.78, 5) is 14.0. The Labute approximate surface area is 158 Å². The van der Waals surface area contributed by atoms with Crippen molar-refractivity contribution < 1.29 is 0 Å². The first-order valence-corrected chi connectivity index (χ1v) is 9.24. The van der Waals surface area contributed by atoms with Crippen LogP contribution in [0.25, 0.3) is 22.8 Å². The number of allylic oxidation sites excluding steroid dienone is 1. The summed E-state index contributed by atoms with van der Waals surface area (Å²) in [6.45, 7) is 8.11. The van der Waals surface area contributed by atoms with E-state index >= 15 is 0 Å². The number of fused-ring (bicyclic) bond motifs is 2. The number of nitrogens with zero attached hydrogens (tertiary/aromatic N) is 6. The van der Waals surface area contributed by atoms with Crippen LogP contribution in [0.3, 0.4) is 0 Å². The zero-order valence-corrected chi connectivity index (χ0v) is 16.5. The molecule has 0 atom stereocenters. The van der Waals surface area contributed by atoms with Crippen molar-refractivity contribution in [2.75, 3.05) is 0 Å². The van der Waals surface area contributed by atoms with Crippen LogP contribution in [0, 0.1) is 20.8 Å². The van der Waals surface area contributed by atoms with Crippen LogP contribution in [-0.4, -0.2) is 29.1 Å². The van der Waals surface area contributed by atoms with Gasteiger partial charge in [0.2, 0.25) is 0 Å². The van der Waals surface area contributed by atoms with Gasteiger partial charge in [0.05, 0.1) is 22.4 Å². The molecule has 0 unspecified atom stereocenters. The highest BCUT2D eigenvalue weighted by Gasteiger charge is 2.14. The van der Waals surface area contributed by atoms with Gasteiger partial charge in [0.15, 0.2) is 11.5 Å². The summed E-state index contributed by atoms with van der Waals surface area (Å²) in [5, 5.41) is 4.65. The Hall–Kier alpha value is -3.02. The summed E-state index contributed by atoms with van der Waals surface area (Å²) in [6, 6.07) is 4.38. The van der Waals surface area contributed by atoms with Crippen LogP contribution in [0.2, 0.25) is 0 Å². The molecule has 0 radical (unpaired) electrons. The molecule has 0 aliphatic rings. The summed E-state index contributed by atoms with van der Waals surface area (Å²) in [5.41, 5.74) is 7.34. The number of hydrogen-bond acceptors (Lipinski definition) is 4. The lowest BCUT2D eigenvalue weighted by Gasteiger charge is -2.02. The van der Waals surface area contributed by atoms with Crippen molar-refractivity contribution in [3.05, 3.63) is 58.6 Å². The molecule has 0 saturated carbocycles. The van der Waals surface area contributed by atoms with Gasteiger partial charge >= 0.3 is 0 Å². The molecule has 1 aromatic carbocycles. The quantitative estimate of drug-likeness (QED) is 0.556. The number of aryl methyl sites for hydroxylation is 6. The van der Waals surface area contributed by atoms with E-state index in [-0.39, 0.29) is 0 Å². The second kappa shape index (κ2) is 6.61. The standard InChI is InChI=1S/C21H24N6/c1-6-7-16-10-13(2)11-17-20(16)24-19(26(17)5)9-8-18-23-21-15(4)22-12-14(3)27(21)25-18/h6-7,10-12H,8-9H2,1-5H3/b7-6-. The highest BCUT2D eigenvalue weighted by atomic mass is 15.3. The van der Waals surface area contributed by atoms with Crippen LogP contribution in [0.5, 0.6) is 0 Å². The van der Waals surface area contributed by atoms with Crippen molar-refractivity contribution in [1.29, 1.82) is 0 Å². The smallest absolute Gasteiger partial charge is 0.177 e. The first-order valence-electron chi connectivity index (χ1n) is 9.24. The Bertz CT molecular complexity index is 1140. The molecule has 0 amide bonds. The number of aromatic nitrogens is 6. The second-order valence-corrected chi connectivity index (χ2v) is 7.06. The third-order valence-corrected chi connectivity index (χ3v) is 4.93. The van der Waals surface area contributed by atoms with Crippen molar-refractivity contribution in [2.45, 2.75) is 40.5 Å². The van der Waals surface area contributed by atoms with E-state index in [0.29, 0.717) is 0 Å². The predicted molar refractivity (Wildman–Crippen MR) is 108 cm³/mol. The molecule has 6 heteroatoms. The monoisotopic (exact) mass is 360 g/mol. The third kappa shape index (κ3) is 3.01. The van der Waals surface area contributed by atoms with Crippen molar-refractivity contribution in [1.82, 2.24) is 29.1 Å². The van der Waals surface area contributed by atoms with Gasteiger partial charge in [-0.25, -0.2) is 14.5 Å². The lowest BCUT2D eigenvalue weighted by molar-refractivity contribution is 0.752. The number of benzene rings is 1. The average molecular weight is 360 g/mol. The van der Waals surface area contributed by atoms with Crippen molar-refractivity contribution in [3.8, 4) is 0 Å². The third-order valence-electron chi connectivity index (χ3n) is 4.93. The predicted octanol–water partition coefficient (Wildman–Crippen LogP) is 3.75. The zero-order valence-electron chi connectivity index (χ0n) is 16.5. The summed E-state index contributed by atoms with van der Waals surface area (Å²) in [6.07, 6.45) is 7.55. The molecule has 138 valence electrons. The average Bonchev–Trinajstić information content (AvgIpc) is 3.20. The van der Waals surface area contributed by atoms with Crippen molar-refractivity contribution in [3.63, 3.8) is 0 Å². The Morgan fingerprint density at radius 2 is 1.89 bits per heavy atom. The van der Waals surface area contributed by atoms with E-state index in [4.69, 9.17) is 4.98 Å². The molecular formula is C21H24N6. The maximum atomic E-state index is 4.91. The SMILES string of the molecule is C/C=C\c1cc(C)cc2c1nc(CCc1nc3c(C)ncc(C)n3n1)n2C. The fraction of sp³-hybridized carbons (Fsp3) is 0.333. The van der Waals surface area contributed by atoms with Gasteiger partial charge in [0.1, 0.15) is 5.82 Å². The summed E-state index contributed by atoms with van der Waals surface area (Å²) < 4.78 is 4.06. The Balaban J connectivity index is 1.68. The molecule has 3 aromatic heterocycles. The van der Waals surface area contributed by atoms with Crippen LogP contribution in [-0.2, 0) is 19.9 Å². The Morgan fingerprint density at radius 1 is 1.07 bits per heavy atom. The fourth-order valence-electron chi connectivity index (χ4n) is 3.51. The van der Waals surface area contributed by atoms with Gasteiger partial charge in [0, 0.05) is 31.6 Å². The molecule has 0 aliphatic heterocycles. The molecule has 0 bridgehead atoms. The maximum Gasteiger partial charge on any atom is 0.177 e. The van der Waals surface area contributed by atoms with Crippen LogP contribution < -0.4 is 0 Å². The van der Waals surface area contributed by atoms with E-state index in [9.17, 15) is 0 Å². The Kier molecular flexibility index (Phi) is 4.26. The molecule has 0 N–H and O–H groups in total. The van der Waals surface area contributed by atoms with Gasteiger partial charge in [-0.05, 0) is 45.4 Å². The van der Waals surface area contributed by atoms with Gasteiger partial charge in [-0.3, -0.25) is 4.98 Å². The number of rotatable bonds is 4. The summed E-state index contributed by atoms with van der Waals surface area (Å²) in [5.74, 6) is 1.87. The minimum atomic E-state index is 0.746. The van der Waals surface area contributed by atoms with Gasteiger partial charge < -0.3 is 4.57 Å². The molecule has 0 aliphatic carbocycles. The van der Waals surface area contributed by atoms with Crippen LogP contribution in [0.4, 0.5) is 0 Å². The van der Waals surface area contributed by atoms with Crippen molar-refractivity contribution in [2.24, 2.45) is 7.05 Å². The van der Waals surface area contributed by atoms with Crippen LogP contribution in [0.1, 0.15) is 41.1 Å². The van der Waals surface area contributed by atoms with E-state index < -0.39 is 0 Å². The number of hydrogen-bond donors (Lipinski definition) is 0. The molecule has 0 fully saturated rings. The highest BCUT2D eigenvalue weighted by molar-refractivity contribution is 5.86. The molecule has 27 heavy (non-hydrogen) atoms. The number of imidazole rings is 1. The minimum Gasteiger partial charge on any atom is -0.331 e. The highest BCUT2D eigenvalue weighted by Crippen LogP contribution is 2.23. The van der Waals surface area contributed by atoms with E-state index in [1.54, 1.807) is 0 Å². The summed E-state index contributed by atoms with van der Waals surface area (Å²) in [7, 11) is 2.08. The van der Waals surface area contributed by atoms with Gasteiger partial charge in [-0.15, -0.1) is 0 Å². The van der Waals surface area contributed by atoms with E-state index in [0.717, 1.165) is 58.1 Å². The lowest BCUT2D eigenvalue weighted by Crippen LogP contribution is -2.02. The molecule has 4 aromatic rings. The zero-order chi connectivity index (χ0) is 19.1. The molecule has 0 spiro atoms. The minimum absolute atomic E-state index is 0.746. The van der Waals surface area contributed by atoms with E-state index in [2.05, 4.69) is 57.9 Å². The summed E-state index contributed by atoms with van der Waals surface area (Å²) >= 11 is 0. The first kappa shape index (κ1) is 17.4. The van der Waals surface area contributed by atoms with Gasteiger partial charge in [0.25, 0.3) is 0 Å². The maximum absolute atomic E-state index is 4.91. The van der Waals surface area contributed by atoms with Gasteiger partial charge in [-0.1, -0.05) is 12.2 Å². The first-order chi connectivity index (χ1) is 13.0. The normalized spacial score (nSPS) is 12.0. The van der Waals surface area contributed by atoms with Crippen LogP contribution in [0.15, 0.2) is 24.4 Å². The molecule has 6 nitrogen and oxygen atoms in total. The molecule has 4 rings (SSSR count). The van der Waals surface area contributed by atoms with E-state index in [1.165, 1.54) is 5.56 Å². The molecule has 0 saturated heterocycles. The fourth-order valence-corrected chi connectivity index (χ4v) is 3.51. The van der Waals surface area contributed by atoms with Crippen molar-refractivity contribution >= 4 is 22.8 Å².